The molecule has 1 aromatic carbocycles. The van der Waals surface area contributed by atoms with E-state index in [1.54, 1.807) is 17.9 Å². The van der Waals surface area contributed by atoms with Crippen LogP contribution < -0.4 is 10.4 Å². The Balaban J connectivity index is 1.56. The Hall–Kier alpha value is -2.38. The van der Waals surface area contributed by atoms with Crippen molar-refractivity contribution in [1.82, 2.24) is 4.90 Å². The Labute approximate surface area is 162 Å². The van der Waals surface area contributed by atoms with Crippen molar-refractivity contribution in [3.05, 3.63) is 39.2 Å². The number of rotatable bonds is 4. The normalized spacial score (nSPS) is 24.0. The van der Waals surface area contributed by atoms with Gasteiger partial charge in [-0.25, -0.2) is 4.79 Å². The number of nitrogens with zero attached hydrogens (tertiary/aromatic N) is 1. The van der Waals surface area contributed by atoms with E-state index < -0.39 is 0 Å². The van der Waals surface area contributed by atoms with Gasteiger partial charge in [0, 0.05) is 30.0 Å². The zero-order valence-corrected chi connectivity index (χ0v) is 16.4. The summed E-state index contributed by atoms with van der Waals surface area (Å²) in [7, 11) is 0. The third-order valence-electron chi connectivity index (χ3n) is 6.20. The minimum absolute atomic E-state index is 0.0162. The molecule has 1 N–H and O–H groups in total. The van der Waals surface area contributed by atoms with Crippen molar-refractivity contribution >= 4 is 16.9 Å². The topological polar surface area (TPSA) is 89.2 Å². The summed E-state index contributed by atoms with van der Waals surface area (Å²) < 4.78 is 16.8. The second kappa shape index (κ2) is 6.90. The molecule has 2 aliphatic rings. The highest BCUT2D eigenvalue weighted by Crippen LogP contribution is 2.41. The lowest BCUT2D eigenvalue weighted by atomic mass is 9.82. The molecule has 4 rings (SSSR count). The molecule has 28 heavy (non-hydrogen) atoms. The predicted molar refractivity (Wildman–Crippen MR) is 103 cm³/mol. The summed E-state index contributed by atoms with van der Waals surface area (Å²) in [6, 6.07) is 3.65. The van der Waals surface area contributed by atoms with E-state index in [-0.39, 0.29) is 36.1 Å². The van der Waals surface area contributed by atoms with Crippen molar-refractivity contribution in [2.24, 2.45) is 11.3 Å². The van der Waals surface area contributed by atoms with Crippen molar-refractivity contribution in [2.75, 3.05) is 39.5 Å². The molecule has 0 spiro atoms. The van der Waals surface area contributed by atoms with E-state index in [1.807, 2.05) is 19.9 Å². The number of aryl methyl sites for hydroxylation is 2. The quantitative estimate of drug-likeness (QED) is 0.801. The molecule has 7 heteroatoms. The van der Waals surface area contributed by atoms with Gasteiger partial charge >= 0.3 is 5.63 Å². The SMILES string of the molecule is Cc1cc(OCC(=O)N2C[C@H]3COC[C@@]3(CO)C2)c2c(C)c(C)c(=O)oc2c1. The molecular weight excluding hydrogens is 362 g/mol. The number of carbonyl (C=O) groups excluding carboxylic acids is 1. The van der Waals surface area contributed by atoms with E-state index in [9.17, 15) is 14.7 Å². The van der Waals surface area contributed by atoms with Crippen molar-refractivity contribution in [3.8, 4) is 5.75 Å². The first-order valence-corrected chi connectivity index (χ1v) is 9.48. The summed E-state index contributed by atoms with van der Waals surface area (Å²) in [6.07, 6.45) is 0. The summed E-state index contributed by atoms with van der Waals surface area (Å²) in [6.45, 7) is 7.48. The highest BCUT2D eigenvalue weighted by molar-refractivity contribution is 5.88. The summed E-state index contributed by atoms with van der Waals surface area (Å²) in [5, 5.41) is 10.5. The molecule has 2 aliphatic heterocycles. The number of aliphatic hydroxyl groups is 1. The summed E-state index contributed by atoms with van der Waals surface area (Å²) in [4.78, 5) is 26.5. The van der Waals surface area contributed by atoms with Crippen molar-refractivity contribution in [1.29, 1.82) is 0 Å². The zero-order valence-electron chi connectivity index (χ0n) is 16.4. The van der Waals surface area contributed by atoms with Crippen molar-refractivity contribution in [3.63, 3.8) is 0 Å². The monoisotopic (exact) mass is 387 g/mol. The Bertz CT molecular complexity index is 997. The molecule has 150 valence electrons. The van der Waals surface area contributed by atoms with Gasteiger partial charge in [-0.05, 0) is 44.0 Å². The molecule has 2 aromatic rings. The van der Waals surface area contributed by atoms with Crippen LogP contribution in [0.2, 0.25) is 0 Å². The number of likely N-dealkylation sites (tertiary alicyclic amines) is 1. The second-order valence-corrected chi connectivity index (χ2v) is 8.07. The van der Waals surface area contributed by atoms with E-state index in [1.165, 1.54) is 0 Å². The maximum absolute atomic E-state index is 12.7. The minimum Gasteiger partial charge on any atom is -0.483 e. The van der Waals surface area contributed by atoms with Gasteiger partial charge in [0.1, 0.15) is 11.3 Å². The molecule has 1 amide bonds. The lowest BCUT2D eigenvalue weighted by molar-refractivity contribution is -0.133. The highest BCUT2D eigenvalue weighted by atomic mass is 16.5. The molecule has 0 bridgehead atoms. The standard InChI is InChI=1S/C21H25NO6/c1-12-4-16(19-13(2)14(3)20(25)28-17(19)5-12)27-8-18(24)22-6-15-7-26-11-21(15,9-22)10-23/h4-5,15,23H,6-11H2,1-3H3/t15-,21-/m0/s1. The fourth-order valence-electron chi connectivity index (χ4n) is 4.28. The first kappa shape index (κ1) is 19.0. The Morgan fingerprint density at radius 3 is 2.82 bits per heavy atom. The summed E-state index contributed by atoms with van der Waals surface area (Å²) in [5.41, 5.74) is 1.96. The van der Waals surface area contributed by atoms with Crippen molar-refractivity contribution in [2.45, 2.75) is 20.8 Å². The number of hydrogen-bond donors (Lipinski definition) is 1. The number of amides is 1. The molecular formula is C21H25NO6. The van der Waals surface area contributed by atoms with Gasteiger partial charge in [0.05, 0.1) is 25.2 Å². The molecule has 0 aliphatic carbocycles. The smallest absolute Gasteiger partial charge is 0.339 e. The van der Waals surface area contributed by atoms with Gasteiger partial charge in [0.2, 0.25) is 0 Å². The van der Waals surface area contributed by atoms with Crippen LogP contribution >= 0.6 is 0 Å². The number of ether oxygens (including phenoxy) is 2. The second-order valence-electron chi connectivity index (χ2n) is 8.07. The van der Waals surface area contributed by atoms with E-state index in [4.69, 9.17) is 13.9 Å². The Morgan fingerprint density at radius 2 is 2.11 bits per heavy atom. The van der Waals surface area contributed by atoms with Gasteiger partial charge in [0.15, 0.2) is 6.61 Å². The third kappa shape index (κ3) is 2.99. The Morgan fingerprint density at radius 1 is 1.32 bits per heavy atom. The highest BCUT2D eigenvalue weighted by Gasteiger charge is 2.51. The van der Waals surface area contributed by atoms with E-state index >= 15 is 0 Å². The number of benzene rings is 1. The van der Waals surface area contributed by atoms with Gasteiger partial charge in [-0.1, -0.05) is 0 Å². The number of carbonyl (C=O) groups is 1. The molecule has 2 atom stereocenters. The minimum atomic E-state index is -0.363. The number of aliphatic hydroxyl groups excluding tert-OH is 1. The fourth-order valence-corrected chi connectivity index (χ4v) is 4.28. The van der Waals surface area contributed by atoms with Crippen LogP contribution in [-0.2, 0) is 9.53 Å². The number of hydrogen-bond acceptors (Lipinski definition) is 6. The average Bonchev–Trinajstić information content (AvgIpc) is 3.21. The third-order valence-corrected chi connectivity index (χ3v) is 6.20. The first-order valence-electron chi connectivity index (χ1n) is 9.48. The number of fused-ring (bicyclic) bond motifs is 2. The maximum atomic E-state index is 12.7. The van der Waals surface area contributed by atoms with Crippen LogP contribution in [0.15, 0.2) is 21.3 Å². The summed E-state index contributed by atoms with van der Waals surface area (Å²) >= 11 is 0. The van der Waals surface area contributed by atoms with Gasteiger partial charge < -0.3 is 23.9 Å². The maximum Gasteiger partial charge on any atom is 0.339 e. The molecule has 3 heterocycles. The average molecular weight is 387 g/mol. The zero-order chi connectivity index (χ0) is 20.1. The van der Waals surface area contributed by atoms with Gasteiger partial charge in [-0.3, -0.25) is 4.79 Å². The molecule has 2 saturated heterocycles. The van der Waals surface area contributed by atoms with Crippen LogP contribution in [-0.4, -0.2) is 55.4 Å². The summed E-state index contributed by atoms with van der Waals surface area (Å²) in [5.74, 6) is 0.580. The van der Waals surface area contributed by atoms with Crippen LogP contribution in [0.5, 0.6) is 5.75 Å². The molecule has 0 unspecified atom stereocenters. The first-order chi connectivity index (χ1) is 13.3. The van der Waals surface area contributed by atoms with Crippen molar-refractivity contribution < 1.29 is 23.8 Å². The Kier molecular flexibility index (Phi) is 4.67. The van der Waals surface area contributed by atoms with Gasteiger partial charge in [-0.2, -0.15) is 0 Å². The van der Waals surface area contributed by atoms with Gasteiger partial charge in [0.25, 0.3) is 5.91 Å². The van der Waals surface area contributed by atoms with E-state index in [0.29, 0.717) is 48.6 Å². The molecule has 7 nitrogen and oxygen atoms in total. The van der Waals surface area contributed by atoms with Crippen LogP contribution in [0.4, 0.5) is 0 Å². The van der Waals surface area contributed by atoms with Gasteiger partial charge in [-0.15, -0.1) is 0 Å². The predicted octanol–water partition coefficient (Wildman–Crippen LogP) is 1.56. The molecule has 0 radical (unpaired) electrons. The lowest BCUT2D eigenvalue weighted by Gasteiger charge is -2.24. The van der Waals surface area contributed by atoms with Crippen LogP contribution in [0.25, 0.3) is 11.0 Å². The molecule has 0 saturated carbocycles. The molecule has 1 aromatic heterocycles. The van der Waals surface area contributed by atoms with Crippen LogP contribution in [0, 0.1) is 32.1 Å². The van der Waals surface area contributed by atoms with Crippen LogP contribution in [0.1, 0.15) is 16.7 Å². The van der Waals surface area contributed by atoms with E-state index in [0.717, 1.165) is 11.1 Å². The fraction of sp³-hybridized carbons (Fsp3) is 0.524. The van der Waals surface area contributed by atoms with Crippen LogP contribution in [0.3, 0.4) is 0 Å². The lowest BCUT2D eigenvalue weighted by Crippen LogP contribution is -2.38. The largest absolute Gasteiger partial charge is 0.483 e. The van der Waals surface area contributed by atoms with E-state index in [2.05, 4.69) is 0 Å². The molecule has 2 fully saturated rings.